The van der Waals surface area contributed by atoms with Gasteiger partial charge >= 0.3 is 6.18 Å². The van der Waals surface area contributed by atoms with Crippen LogP contribution in [0.5, 0.6) is 0 Å². The molecule has 1 aliphatic carbocycles. The Morgan fingerprint density at radius 3 is 2.91 bits per heavy atom. The van der Waals surface area contributed by atoms with Crippen molar-refractivity contribution in [1.82, 2.24) is 14.6 Å². The smallest absolute Gasteiger partial charge is 0.384 e. The molecule has 0 fully saturated rings. The Kier molecular flexibility index (Phi) is 4.70. The van der Waals surface area contributed by atoms with E-state index in [0.29, 0.717) is 5.84 Å². The van der Waals surface area contributed by atoms with Crippen LogP contribution in [0.4, 0.5) is 18.9 Å². The van der Waals surface area contributed by atoms with Crippen LogP contribution in [-0.4, -0.2) is 26.5 Å². The summed E-state index contributed by atoms with van der Waals surface area (Å²) >= 11 is 0. The highest BCUT2D eigenvalue weighted by Crippen LogP contribution is 2.34. The zero-order valence-electron chi connectivity index (χ0n) is 16.8. The third kappa shape index (κ3) is 3.60. The fraction of sp³-hybridized carbons (Fsp3) is 0.174. The summed E-state index contributed by atoms with van der Waals surface area (Å²) in [5.41, 5.74) is 2.84. The maximum absolute atomic E-state index is 13.0. The molecule has 0 saturated heterocycles. The molecule has 1 aromatic carbocycles. The Labute approximate surface area is 181 Å². The van der Waals surface area contributed by atoms with Gasteiger partial charge in [0.05, 0.1) is 28.8 Å². The average Bonchev–Trinajstić information content (AvgIpc) is 3.37. The molecule has 0 amide bonds. The van der Waals surface area contributed by atoms with E-state index in [0.717, 1.165) is 34.4 Å². The van der Waals surface area contributed by atoms with Gasteiger partial charge in [0.1, 0.15) is 6.33 Å². The number of halogens is 3. The summed E-state index contributed by atoms with van der Waals surface area (Å²) in [5, 5.41) is 11.3. The molecule has 2 aromatic heterocycles. The molecule has 2 aliphatic rings. The molecule has 9 heteroatoms. The van der Waals surface area contributed by atoms with E-state index in [1.54, 1.807) is 29.3 Å². The number of nitrogens with one attached hydrogen (secondary N) is 1. The maximum Gasteiger partial charge on any atom is 0.416 e. The van der Waals surface area contributed by atoms with Crippen molar-refractivity contribution >= 4 is 17.0 Å². The number of anilines is 1. The predicted molar refractivity (Wildman–Crippen MR) is 113 cm³/mol. The molecule has 2 unspecified atom stereocenters. The Hall–Kier alpha value is -4.06. The molecule has 160 valence electrons. The van der Waals surface area contributed by atoms with Gasteiger partial charge < -0.3 is 10.2 Å². The molecule has 3 aromatic rings. The van der Waals surface area contributed by atoms with Crippen LogP contribution in [0.15, 0.2) is 77.5 Å². The molecule has 2 atom stereocenters. The molecule has 3 heterocycles. The lowest BCUT2D eigenvalue weighted by Crippen LogP contribution is -2.30. The second-order valence-corrected chi connectivity index (χ2v) is 7.41. The standard InChI is InChI=1S/C23H16F3N5O/c1-14-5-7-19-21(18(14)8-6-15-12-28-31-13-27-10-9-20(15)31)32-30-22(19)29-17-4-2-3-16(11-17)23(24,25)26/h2-5,7,9-13,19,21H,1H3,(H,29,30). The summed E-state index contributed by atoms with van der Waals surface area (Å²) in [4.78, 5) is 9.66. The van der Waals surface area contributed by atoms with E-state index in [-0.39, 0.29) is 11.6 Å². The number of benzene rings is 1. The van der Waals surface area contributed by atoms with Gasteiger partial charge in [-0.25, -0.2) is 9.50 Å². The molecule has 1 N–H and O–H groups in total. The Morgan fingerprint density at radius 2 is 2.06 bits per heavy atom. The summed E-state index contributed by atoms with van der Waals surface area (Å²) in [6, 6.07) is 6.80. The number of rotatable bonds is 1. The van der Waals surface area contributed by atoms with E-state index < -0.39 is 17.8 Å². The SMILES string of the molecule is CC1=C(C#Cc2cnn3cnccc23)C2ON=C(Nc3cccc(C(F)(F)F)c3)C2C=C1. The largest absolute Gasteiger partial charge is 0.416 e. The van der Waals surface area contributed by atoms with Crippen LogP contribution >= 0.6 is 0 Å². The molecule has 1 aliphatic heterocycles. The van der Waals surface area contributed by atoms with Crippen LogP contribution in [0.1, 0.15) is 18.1 Å². The third-order valence-electron chi connectivity index (χ3n) is 5.29. The normalized spacial score (nSPS) is 19.8. The quantitative estimate of drug-likeness (QED) is 0.575. The van der Waals surface area contributed by atoms with Gasteiger partial charge in [-0.1, -0.05) is 35.2 Å². The predicted octanol–water partition coefficient (Wildman–Crippen LogP) is 4.43. The van der Waals surface area contributed by atoms with E-state index in [2.05, 4.69) is 32.4 Å². The van der Waals surface area contributed by atoms with Crippen molar-refractivity contribution in [1.29, 1.82) is 0 Å². The highest BCUT2D eigenvalue weighted by Gasteiger charge is 2.38. The van der Waals surface area contributed by atoms with Crippen LogP contribution < -0.4 is 5.32 Å². The topological polar surface area (TPSA) is 63.8 Å². The molecular formula is C23H16F3N5O. The van der Waals surface area contributed by atoms with Gasteiger partial charge in [0.15, 0.2) is 11.9 Å². The minimum absolute atomic E-state index is 0.286. The Balaban J connectivity index is 1.38. The van der Waals surface area contributed by atoms with Crippen molar-refractivity contribution in [3.8, 4) is 11.8 Å². The van der Waals surface area contributed by atoms with Crippen LogP contribution in [-0.2, 0) is 11.0 Å². The lowest BCUT2D eigenvalue weighted by atomic mass is 9.87. The van der Waals surface area contributed by atoms with Crippen molar-refractivity contribution in [3.05, 3.63) is 83.5 Å². The van der Waals surface area contributed by atoms with E-state index in [1.165, 1.54) is 6.07 Å². The molecule has 0 spiro atoms. The number of aromatic nitrogens is 3. The highest BCUT2D eigenvalue weighted by molar-refractivity contribution is 6.00. The van der Waals surface area contributed by atoms with E-state index in [1.807, 2.05) is 25.1 Å². The van der Waals surface area contributed by atoms with Gasteiger partial charge in [-0.05, 0) is 36.8 Å². The van der Waals surface area contributed by atoms with Gasteiger partial charge in [-0.15, -0.1) is 0 Å². The number of hydrogen-bond donors (Lipinski definition) is 1. The summed E-state index contributed by atoms with van der Waals surface area (Å²) in [5.74, 6) is 6.46. The summed E-state index contributed by atoms with van der Waals surface area (Å²) in [6.07, 6.45) is 3.90. The molecule has 0 saturated carbocycles. The first-order valence-electron chi connectivity index (χ1n) is 9.76. The van der Waals surface area contributed by atoms with Crippen LogP contribution in [0.3, 0.4) is 0 Å². The Bertz CT molecular complexity index is 1360. The number of alkyl halides is 3. The van der Waals surface area contributed by atoms with Crippen molar-refractivity contribution in [2.45, 2.75) is 19.2 Å². The van der Waals surface area contributed by atoms with Crippen molar-refractivity contribution in [2.24, 2.45) is 11.1 Å². The van der Waals surface area contributed by atoms with Crippen LogP contribution in [0.2, 0.25) is 0 Å². The number of amidine groups is 1. The maximum atomic E-state index is 13.0. The second-order valence-electron chi connectivity index (χ2n) is 7.41. The molecule has 5 rings (SSSR count). The first-order valence-corrected chi connectivity index (χ1v) is 9.76. The summed E-state index contributed by atoms with van der Waals surface area (Å²) in [7, 11) is 0. The molecular weight excluding hydrogens is 419 g/mol. The minimum atomic E-state index is -4.42. The van der Waals surface area contributed by atoms with Gasteiger partial charge in [-0.3, -0.25) is 0 Å². The van der Waals surface area contributed by atoms with Gasteiger partial charge in [0.25, 0.3) is 0 Å². The van der Waals surface area contributed by atoms with E-state index in [9.17, 15) is 13.2 Å². The van der Waals surface area contributed by atoms with Crippen LogP contribution in [0.25, 0.3) is 5.52 Å². The molecule has 6 nitrogen and oxygen atoms in total. The molecule has 0 radical (unpaired) electrons. The van der Waals surface area contributed by atoms with Crippen molar-refractivity contribution in [3.63, 3.8) is 0 Å². The number of hydrogen-bond acceptors (Lipinski definition) is 5. The zero-order chi connectivity index (χ0) is 22.3. The lowest BCUT2D eigenvalue weighted by molar-refractivity contribution is -0.137. The molecule has 0 bridgehead atoms. The van der Waals surface area contributed by atoms with E-state index in [4.69, 9.17) is 4.84 Å². The first kappa shape index (κ1) is 19.9. The fourth-order valence-electron chi connectivity index (χ4n) is 3.64. The molecule has 32 heavy (non-hydrogen) atoms. The van der Waals surface area contributed by atoms with Gasteiger partial charge in [-0.2, -0.15) is 18.3 Å². The van der Waals surface area contributed by atoms with Gasteiger partial charge in [0.2, 0.25) is 0 Å². The minimum Gasteiger partial charge on any atom is -0.384 e. The fourth-order valence-corrected chi connectivity index (χ4v) is 3.64. The Morgan fingerprint density at radius 1 is 1.19 bits per heavy atom. The monoisotopic (exact) mass is 435 g/mol. The summed E-state index contributed by atoms with van der Waals surface area (Å²) in [6.45, 7) is 1.93. The lowest BCUT2D eigenvalue weighted by Gasteiger charge is -2.21. The highest BCUT2D eigenvalue weighted by atomic mass is 19.4. The van der Waals surface area contributed by atoms with E-state index >= 15 is 0 Å². The van der Waals surface area contributed by atoms with Crippen LogP contribution in [0, 0.1) is 17.8 Å². The number of oxime groups is 1. The second kappa shape index (κ2) is 7.57. The average molecular weight is 435 g/mol. The zero-order valence-corrected chi connectivity index (χ0v) is 16.8. The van der Waals surface area contributed by atoms with Crippen molar-refractivity contribution in [2.75, 3.05) is 5.32 Å². The van der Waals surface area contributed by atoms with Crippen molar-refractivity contribution < 1.29 is 18.0 Å². The number of nitrogens with zero attached hydrogens (tertiary/aromatic N) is 4. The first-order chi connectivity index (χ1) is 15.4. The summed E-state index contributed by atoms with van der Waals surface area (Å²) < 4.78 is 40.7. The number of fused-ring (bicyclic) bond motifs is 2. The number of allylic oxidation sites excluding steroid dienone is 2. The third-order valence-corrected chi connectivity index (χ3v) is 5.29. The van der Waals surface area contributed by atoms with Gasteiger partial charge in [0, 0.05) is 17.5 Å².